The molecule has 1 aromatic heterocycles. The van der Waals surface area contributed by atoms with Crippen LogP contribution in [0.15, 0.2) is 17.1 Å². The fraction of sp³-hybridized carbons (Fsp3) is 0.167. The van der Waals surface area contributed by atoms with Crippen molar-refractivity contribution in [2.24, 2.45) is 0 Å². The lowest BCUT2D eigenvalue weighted by atomic mass is 10.4. The van der Waals surface area contributed by atoms with Crippen molar-refractivity contribution in [1.29, 1.82) is 0 Å². The molecule has 1 aromatic rings. The third-order valence-electron chi connectivity index (χ3n) is 1.08. The first kappa shape index (κ1) is 7.46. The highest BCUT2D eigenvalue weighted by Gasteiger charge is 2.03. The zero-order valence-electron chi connectivity index (χ0n) is 5.83. The Labute approximate surface area is 62.0 Å². The van der Waals surface area contributed by atoms with Crippen LogP contribution in [0.4, 0.5) is 0 Å². The van der Waals surface area contributed by atoms with E-state index in [1.165, 1.54) is 19.4 Å². The Morgan fingerprint density at radius 2 is 2.45 bits per heavy atom. The van der Waals surface area contributed by atoms with Crippen molar-refractivity contribution >= 4 is 5.97 Å². The Morgan fingerprint density at radius 3 is 3.00 bits per heavy atom. The molecule has 0 aliphatic carbocycles. The molecule has 0 aromatic carbocycles. The van der Waals surface area contributed by atoms with Crippen molar-refractivity contribution in [3.05, 3.63) is 28.4 Å². The number of aromatic amines is 1. The average molecular weight is 154 g/mol. The van der Waals surface area contributed by atoms with E-state index in [1.54, 1.807) is 0 Å². The Kier molecular flexibility index (Phi) is 2.00. The van der Waals surface area contributed by atoms with Crippen LogP contribution in [-0.4, -0.2) is 23.0 Å². The van der Waals surface area contributed by atoms with E-state index in [9.17, 15) is 9.59 Å². The quantitative estimate of drug-likeness (QED) is 0.556. The Morgan fingerprint density at radius 1 is 1.73 bits per heavy atom. The van der Waals surface area contributed by atoms with Gasteiger partial charge in [-0.3, -0.25) is 4.98 Å². The van der Waals surface area contributed by atoms with E-state index in [2.05, 4.69) is 14.7 Å². The van der Waals surface area contributed by atoms with Crippen LogP contribution in [0.25, 0.3) is 0 Å². The summed E-state index contributed by atoms with van der Waals surface area (Å²) in [4.78, 5) is 26.8. The van der Waals surface area contributed by atoms with Crippen molar-refractivity contribution in [3.8, 4) is 0 Å². The molecule has 1 N–H and O–H groups in total. The molecular formula is C6H6N2O3. The summed E-state index contributed by atoms with van der Waals surface area (Å²) in [6.07, 6.45) is 1.24. The molecular weight excluding hydrogens is 148 g/mol. The third kappa shape index (κ3) is 1.64. The average Bonchev–Trinajstić information content (AvgIpc) is 2.03. The van der Waals surface area contributed by atoms with Crippen LogP contribution in [0.3, 0.4) is 0 Å². The molecule has 0 fully saturated rings. The van der Waals surface area contributed by atoms with Gasteiger partial charge >= 0.3 is 11.7 Å². The minimum atomic E-state index is -0.579. The molecule has 0 atom stereocenters. The number of aromatic nitrogens is 2. The van der Waals surface area contributed by atoms with E-state index in [-0.39, 0.29) is 5.69 Å². The maximum atomic E-state index is 10.7. The minimum Gasteiger partial charge on any atom is -0.464 e. The monoisotopic (exact) mass is 154 g/mol. The summed E-state index contributed by atoms with van der Waals surface area (Å²) in [5.74, 6) is -0.579. The smallest absolute Gasteiger partial charge is 0.354 e. The van der Waals surface area contributed by atoms with Gasteiger partial charge < -0.3 is 4.74 Å². The van der Waals surface area contributed by atoms with Crippen LogP contribution in [-0.2, 0) is 4.74 Å². The predicted molar refractivity (Wildman–Crippen MR) is 36.2 cm³/mol. The number of nitrogens with zero attached hydrogens (tertiary/aromatic N) is 1. The van der Waals surface area contributed by atoms with Gasteiger partial charge in [0.1, 0.15) is 5.69 Å². The van der Waals surface area contributed by atoms with Crippen molar-refractivity contribution in [2.45, 2.75) is 0 Å². The van der Waals surface area contributed by atoms with Crippen LogP contribution < -0.4 is 5.69 Å². The van der Waals surface area contributed by atoms with E-state index in [4.69, 9.17) is 0 Å². The van der Waals surface area contributed by atoms with E-state index in [0.29, 0.717) is 0 Å². The second kappa shape index (κ2) is 2.96. The van der Waals surface area contributed by atoms with Crippen LogP contribution in [0.2, 0.25) is 0 Å². The van der Waals surface area contributed by atoms with Gasteiger partial charge in [0.2, 0.25) is 0 Å². The molecule has 0 saturated heterocycles. The molecule has 1 rings (SSSR count). The molecule has 11 heavy (non-hydrogen) atoms. The minimum absolute atomic E-state index is 0.104. The summed E-state index contributed by atoms with van der Waals surface area (Å²) in [5.41, 5.74) is -0.458. The van der Waals surface area contributed by atoms with Crippen molar-refractivity contribution in [3.63, 3.8) is 0 Å². The molecule has 0 unspecified atom stereocenters. The van der Waals surface area contributed by atoms with Gasteiger partial charge in [0, 0.05) is 6.20 Å². The van der Waals surface area contributed by atoms with Gasteiger partial charge in [0.25, 0.3) is 0 Å². The molecule has 1 heterocycles. The van der Waals surface area contributed by atoms with Gasteiger partial charge in [-0.1, -0.05) is 0 Å². The lowest BCUT2D eigenvalue weighted by Gasteiger charge is -1.95. The van der Waals surface area contributed by atoms with Gasteiger partial charge in [-0.15, -0.1) is 0 Å². The molecule has 0 bridgehead atoms. The molecule has 0 saturated carbocycles. The fourth-order valence-electron chi connectivity index (χ4n) is 0.598. The van der Waals surface area contributed by atoms with Gasteiger partial charge in [-0.25, -0.2) is 14.6 Å². The predicted octanol–water partition coefficient (Wildman–Crippen LogP) is -0.444. The normalized spacial score (nSPS) is 9.18. The number of ether oxygens (including phenoxy) is 1. The lowest BCUT2D eigenvalue weighted by Crippen LogP contribution is -2.15. The first-order chi connectivity index (χ1) is 5.24. The van der Waals surface area contributed by atoms with Crippen molar-refractivity contribution in [1.82, 2.24) is 9.97 Å². The van der Waals surface area contributed by atoms with Crippen LogP contribution >= 0.6 is 0 Å². The van der Waals surface area contributed by atoms with Crippen molar-refractivity contribution in [2.75, 3.05) is 7.11 Å². The Bertz CT molecular complexity index is 318. The molecule has 0 aliphatic heterocycles. The van der Waals surface area contributed by atoms with Gasteiger partial charge in [-0.05, 0) is 6.07 Å². The van der Waals surface area contributed by atoms with Gasteiger partial charge in [-0.2, -0.15) is 0 Å². The topological polar surface area (TPSA) is 72.0 Å². The molecule has 0 amide bonds. The highest BCUT2D eigenvalue weighted by atomic mass is 16.5. The third-order valence-corrected chi connectivity index (χ3v) is 1.08. The van der Waals surface area contributed by atoms with E-state index >= 15 is 0 Å². The SMILES string of the molecule is COC(=O)c1ccnc(=O)[nH]1. The van der Waals surface area contributed by atoms with E-state index in [0.717, 1.165) is 0 Å². The number of methoxy groups -OCH3 is 1. The van der Waals surface area contributed by atoms with Crippen LogP contribution in [0, 0.1) is 0 Å². The van der Waals surface area contributed by atoms with E-state index in [1.807, 2.05) is 0 Å². The Hall–Kier alpha value is -1.65. The van der Waals surface area contributed by atoms with Gasteiger partial charge in [0.05, 0.1) is 7.11 Å². The summed E-state index contributed by atoms with van der Waals surface area (Å²) in [5, 5.41) is 0. The number of rotatable bonds is 1. The number of H-pyrrole nitrogens is 1. The summed E-state index contributed by atoms with van der Waals surface area (Å²) >= 11 is 0. The maximum absolute atomic E-state index is 10.7. The molecule has 0 radical (unpaired) electrons. The molecule has 5 heteroatoms. The number of carbonyl (C=O) groups is 1. The highest BCUT2D eigenvalue weighted by Crippen LogP contribution is 1.89. The highest BCUT2D eigenvalue weighted by molar-refractivity contribution is 5.86. The second-order valence-corrected chi connectivity index (χ2v) is 1.78. The van der Waals surface area contributed by atoms with Gasteiger partial charge in [0.15, 0.2) is 0 Å². The van der Waals surface area contributed by atoms with Crippen LogP contribution in [0.5, 0.6) is 0 Å². The molecule has 58 valence electrons. The zero-order valence-corrected chi connectivity index (χ0v) is 5.83. The summed E-state index contributed by atoms with van der Waals surface area (Å²) < 4.78 is 4.35. The first-order valence-corrected chi connectivity index (χ1v) is 2.87. The van der Waals surface area contributed by atoms with E-state index < -0.39 is 11.7 Å². The first-order valence-electron chi connectivity index (χ1n) is 2.87. The largest absolute Gasteiger partial charge is 0.464 e. The number of nitrogens with one attached hydrogen (secondary N) is 1. The molecule has 5 nitrogen and oxygen atoms in total. The number of hydrogen-bond acceptors (Lipinski definition) is 4. The fourth-order valence-corrected chi connectivity index (χ4v) is 0.598. The van der Waals surface area contributed by atoms with Crippen LogP contribution in [0.1, 0.15) is 10.5 Å². The number of esters is 1. The lowest BCUT2D eigenvalue weighted by molar-refractivity contribution is 0.0593. The standard InChI is InChI=1S/C6H6N2O3/c1-11-5(9)4-2-3-7-6(10)8-4/h2-3H,1H3,(H,7,8,10). The molecule has 0 aliphatic rings. The van der Waals surface area contributed by atoms with Crippen molar-refractivity contribution < 1.29 is 9.53 Å². The summed E-state index contributed by atoms with van der Waals surface area (Å²) in [6.45, 7) is 0. The zero-order chi connectivity index (χ0) is 8.27. The summed E-state index contributed by atoms with van der Waals surface area (Å²) in [6, 6.07) is 1.37. The number of carbonyl (C=O) groups excluding carboxylic acids is 1. The Balaban J connectivity index is 3.05. The number of hydrogen-bond donors (Lipinski definition) is 1. The summed E-state index contributed by atoms with van der Waals surface area (Å²) in [7, 11) is 1.24. The maximum Gasteiger partial charge on any atom is 0.354 e. The second-order valence-electron chi connectivity index (χ2n) is 1.78. The molecule has 0 spiro atoms.